The van der Waals surface area contributed by atoms with Crippen molar-refractivity contribution in [3.8, 4) is 5.75 Å². The second-order valence-electron chi connectivity index (χ2n) is 4.02. The van der Waals surface area contributed by atoms with Crippen LogP contribution in [-0.4, -0.2) is 16.3 Å². The predicted octanol–water partition coefficient (Wildman–Crippen LogP) is 2.41. The Balaban J connectivity index is 2.25. The Kier molecular flexibility index (Phi) is 2.73. The molecule has 2 rings (SSSR count). The molecule has 1 fully saturated rings. The van der Waals surface area contributed by atoms with E-state index in [0.29, 0.717) is 5.75 Å². The zero-order chi connectivity index (χ0) is 9.97. The Morgan fingerprint density at radius 3 is 2.50 bits per heavy atom. The lowest BCUT2D eigenvalue weighted by Gasteiger charge is -2.28. The molecule has 2 nitrogen and oxygen atoms in total. The Bertz CT molecular complexity index is 309. The van der Waals surface area contributed by atoms with Crippen molar-refractivity contribution in [1.82, 2.24) is 0 Å². The van der Waals surface area contributed by atoms with Crippen molar-refractivity contribution in [2.45, 2.75) is 37.7 Å². The van der Waals surface area contributed by atoms with Gasteiger partial charge >= 0.3 is 0 Å². The second kappa shape index (κ2) is 4.01. The maximum Gasteiger partial charge on any atom is 0.119 e. The molecule has 0 heterocycles. The molecule has 0 amide bonds. The predicted molar refractivity (Wildman–Crippen MR) is 55.3 cm³/mol. The minimum Gasteiger partial charge on any atom is -0.508 e. The zero-order valence-electron chi connectivity index (χ0n) is 8.19. The van der Waals surface area contributed by atoms with Gasteiger partial charge in [-0.1, -0.05) is 31.0 Å². The summed E-state index contributed by atoms with van der Waals surface area (Å²) in [6.07, 6.45) is 3.82. The van der Waals surface area contributed by atoms with Gasteiger partial charge in [-0.3, -0.25) is 0 Å². The highest BCUT2D eigenvalue weighted by Gasteiger charge is 2.26. The van der Waals surface area contributed by atoms with Crippen molar-refractivity contribution in [2.75, 3.05) is 0 Å². The molecule has 0 aromatic heterocycles. The second-order valence-corrected chi connectivity index (χ2v) is 4.02. The highest BCUT2D eigenvalue weighted by Crippen LogP contribution is 2.36. The summed E-state index contributed by atoms with van der Waals surface area (Å²) < 4.78 is 0. The number of phenolic OH excluding ortho intramolecular Hbond substituents is 1. The minimum absolute atomic E-state index is 0.130. The molecule has 1 aliphatic carbocycles. The maximum atomic E-state index is 9.84. The summed E-state index contributed by atoms with van der Waals surface area (Å²) >= 11 is 0. The number of aromatic hydroxyl groups is 1. The van der Waals surface area contributed by atoms with Crippen LogP contribution in [0.25, 0.3) is 0 Å². The van der Waals surface area contributed by atoms with Crippen LogP contribution in [0.15, 0.2) is 24.3 Å². The van der Waals surface area contributed by atoms with Crippen LogP contribution in [0.3, 0.4) is 0 Å². The van der Waals surface area contributed by atoms with Crippen LogP contribution in [0.5, 0.6) is 5.75 Å². The Hall–Kier alpha value is -1.02. The monoisotopic (exact) mass is 192 g/mol. The molecule has 14 heavy (non-hydrogen) atoms. The van der Waals surface area contributed by atoms with Crippen molar-refractivity contribution >= 4 is 0 Å². The molecule has 2 atom stereocenters. The summed E-state index contributed by atoms with van der Waals surface area (Å²) in [5.41, 5.74) is 0.903. The molecule has 1 aromatic rings. The fraction of sp³-hybridized carbons (Fsp3) is 0.500. The van der Waals surface area contributed by atoms with Gasteiger partial charge in [0.05, 0.1) is 6.10 Å². The molecule has 0 spiro atoms. The van der Waals surface area contributed by atoms with Gasteiger partial charge in [-0.05, 0) is 24.5 Å². The van der Waals surface area contributed by atoms with Crippen LogP contribution < -0.4 is 0 Å². The maximum absolute atomic E-state index is 9.84. The topological polar surface area (TPSA) is 40.5 Å². The Morgan fingerprint density at radius 1 is 1.07 bits per heavy atom. The number of para-hydroxylation sites is 1. The summed E-state index contributed by atoms with van der Waals surface area (Å²) in [6.45, 7) is 0. The third kappa shape index (κ3) is 1.75. The number of rotatable bonds is 1. The number of benzene rings is 1. The van der Waals surface area contributed by atoms with Gasteiger partial charge in [0.2, 0.25) is 0 Å². The van der Waals surface area contributed by atoms with E-state index in [-0.39, 0.29) is 12.0 Å². The van der Waals surface area contributed by atoms with E-state index in [4.69, 9.17) is 0 Å². The molecular weight excluding hydrogens is 176 g/mol. The lowest BCUT2D eigenvalue weighted by atomic mass is 9.81. The minimum atomic E-state index is -0.281. The van der Waals surface area contributed by atoms with E-state index in [1.165, 1.54) is 0 Å². The van der Waals surface area contributed by atoms with E-state index in [0.717, 1.165) is 31.2 Å². The first-order valence-electron chi connectivity index (χ1n) is 5.25. The number of aliphatic hydroxyl groups excluding tert-OH is 1. The van der Waals surface area contributed by atoms with Crippen molar-refractivity contribution in [3.05, 3.63) is 29.8 Å². The molecule has 0 saturated heterocycles. The van der Waals surface area contributed by atoms with Crippen LogP contribution in [0.4, 0.5) is 0 Å². The van der Waals surface area contributed by atoms with Crippen molar-refractivity contribution < 1.29 is 10.2 Å². The molecule has 1 unspecified atom stereocenters. The number of hydrogen-bond donors (Lipinski definition) is 2. The Labute approximate surface area is 84.2 Å². The molecule has 1 aliphatic rings. The molecule has 0 radical (unpaired) electrons. The average Bonchev–Trinajstić information content (AvgIpc) is 2.20. The van der Waals surface area contributed by atoms with Gasteiger partial charge in [0, 0.05) is 5.92 Å². The molecule has 1 aromatic carbocycles. The van der Waals surface area contributed by atoms with Crippen molar-refractivity contribution in [2.24, 2.45) is 0 Å². The van der Waals surface area contributed by atoms with Gasteiger partial charge in [-0.15, -0.1) is 0 Å². The third-order valence-electron chi connectivity index (χ3n) is 3.07. The van der Waals surface area contributed by atoms with E-state index in [1.54, 1.807) is 6.07 Å². The van der Waals surface area contributed by atoms with Gasteiger partial charge in [-0.2, -0.15) is 0 Å². The Morgan fingerprint density at radius 2 is 1.79 bits per heavy atom. The first kappa shape index (κ1) is 9.53. The van der Waals surface area contributed by atoms with Gasteiger partial charge in [-0.25, -0.2) is 0 Å². The standard InChI is InChI=1S/C12H16O2/c13-11-7-3-1-5-9(11)10-6-2-4-8-12(10)14/h1,3,5,7,10,12-14H,2,4,6,8H2/t10-,12?/m0/s1. The highest BCUT2D eigenvalue weighted by molar-refractivity contribution is 5.35. The first-order chi connectivity index (χ1) is 6.79. The lowest BCUT2D eigenvalue weighted by Crippen LogP contribution is -2.22. The highest BCUT2D eigenvalue weighted by atomic mass is 16.3. The van der Waals surface area contributed by atoms with E-state index in [1.807, 2.05) is 18.2 Å². The van der Waals surface area contributed by atoms with Crippen molar-refractivity contribution in [3.63, 3.8) is 0 Å². The number of hydrogen-bond acceptors (Lipinski definition) is 2. The molecular formula is C12H16O2. The third-order valence-corrected chi connectivity index (χ3v) is 3.07. The average molecular weight is 192 g/mol. The largest absolute Gasteiger partial charge is 0.508 e. The summed E-state index contributed by atoms with van der Waals surface area (Å²) in [5.74, 6) is 0.448. The van der Waals surface area contributed by atoms with E-state index in [9.17, 15) is 10.2 Å². The fourth-order valence-corrected chi connectivity index (χ4v) is 2.28. The van der Waals surface area contributed by atoms with Crippen molar-refractivity contribution in [1.29, 1.82) is 0 Å². The van der Waals surface area contributed by atoms with E-state index >= 15 is 0 Å². The molecule has 1 saturated carbocycles. The quantitative estimate of drug-likeness (QED) is 0.717. The van der Waals surface area contributed by atoms with Gasteiger partial charge in [0.15, 0.2) is 0 Å². The summed E-state index contributed by atoms with van der Waals surface area (Å²) in [7, 11) is 0. The fourth-order valence-electron chi connectivity index (χ4n) is 2.28. The molecule has 76 valence electrons. The SMILES string of the molecule is Oc1ccccc1[C@@H]1CCCCC1O. The summed E-state index contributed by atoms with van der Waals surface area (Å²) in [6, 6.07) is 7.33. The van der Waals surface area contributed by atoms with E-state index < -0.39 is 0 Å². The smallest absolute Gasteiger partial charge is 0.119 e. The van der Waals surface area contributed by atoms with E-state index in [2.05, 4.69) is 0 Å². The van der Waals surface area contributed by atoms with Crippen LogP contribution in [0, 0.1) is 0 Å². The number of phenols is 1. The normalized spacial score (nSPS) is 27.5. The van der Waals surface area contributed by atoms with Gasteiger partial charge in [0.1, 0.15) is 5.75 Å². The van der Waals surface area contributed by atoms with Gasteiger partial charge in [0.25, 0.3) is 0 Å². The summed E-state index contributed by atoms with van der Waals surface area (Å²) in [5, 5.41) is 19.5. The van der Waals surface area contributed by atoms with Crippen LogP contribution in [0.1, 0.15) is 37.2 Å². The first-order valence-corrected chi connectivity index (χ1v) is 5.25. The summed E-state index contributed by atoms with van der Waals surface area (Å²) in [4.78, 5) is 0. The zero-order valence-corrected chi connectivity index (χ0v) is 8.19. The van der Waals surface area contributed by atoms with Crippen LogP contribution in [-0.2, 0) is 0 Å². The van der Waals surface area contributed by atoms with Crippen LogP contribution >= 0.6 is 0 Å². The van der Waals surface area contributed by atoms with Gasteiger partial charge < -0.3 is 10.2 Å². The molecule has 2 heteroatoms. The molecule has 0 bridgehead atoms. The lowest BCUT2D eigenvalue weighted by molar-refractivity contribution is 0.105. The number of aliphatic hydroxyl groups is 1. The molecule has 2 N–H and O–H groups in total. The molecule has 0 aliphatic heterocycles. The van der Waals surface area contributed by atoms with Crippen LogP contribution in [0.2, 0.25) is 0 Å².